The molecule has 9 nitrogen and oxygen atoms in total. The Labute approximate surface area is 168 Å². The molecular weight excluding hydrogens is 409 g/mol. The Morgan fingerprint density at radius 3 is 2.17 bits per heavy atom. The van der Waals surface area contributed by atoms with Gasteiger partial charge in [-0.25, -0.2) is 13.2 Å². The van der Waals surface area contributed by atoms with Crippen LogP contribution in [0.25, 0.3) is 0 Å². The Morgan fingerprint density at radius 2 is 1.60 bits per heavy atom. The van der Waals surface area contributed by atoms with E-state index in [1.165, 1.54) is 31.2 Å². The number of nitro groups is 1. The van der Waals surface area contributed by atoms with Crippen molar-refractivity contribution >= 4 is 28.9 Å². The minimum Gasteiger partial charge on any atom is -0.496 e. The fourth-order valence-corrected chi connectivity index (χ4v) is 2.44. The maximum absolute atomic E-state index is 13.6. The minimum atomic E-state index is -1.72. The van der Waals surface area contributed by atoms with Crippen molar-refractivity contribution in [1.29, 1.82) is 0 Å². The summed E-state index contributed by atoms with van der Waals surface area (Å²) in [6.07, 6.45) is 0. The summed E-state index contributed by atoms with van der Waals surface area (Å²) < 4.78 is 44.6. The Morgan fingerprint density at radius 1 is 1.03 bits per heavy atom. The molecule has 0 aromatic heterocycles. The van der Waals surface area contributed by atoms with E-state index >= 15 is 0 Å². The largest absolute Gasteiger partial charge is 0.496 e. The number of anilines is 2. The van der Waals surface area contributed by atoms with Gasteiger partial charge in [-0.15, -0.1) is 0 Å². The van der Waals surface area contributed by atoms with E-state index in [1.807, 2.05) is 0 Å². The molecule has 12 heteroatoms. The first-order valence-corrected chi connectivity index (χ1v) is 8.36. The Kier molecular flexibility index (Phi) is 7.31. The SMILES string of the molecule is COc1ccc(NC(=O)CN(C)CC(=O)Nc2ccc(F)c(F)c2F)c([N+](=O)[O-])c1. The highest BCUT2D eigenvalue weighted by molar-refractivity contribution is 5.96. The highest BCUT2D eigenvalue weighted by Gasteiger charge is 2.19. The summed E-state index contributed by atoms with van der Waals surface area (Å²) >= 11 is 0. The Bertz CT molecular complexity index is 987. The van der Waals surface area contributed by atoms with Gasteiger partial charge >= 0.3 is 0 Å². The highest BCUT2D eigenvalue weighted by Crippen LogP contribution is 2.28. The third kappa shape index (κ3) is 5.67. The summed E-state index contributed by atoms with van der Waals surface area (Å²) in [5.41, 5.74) is -0.991. The molecule has 0 radical (unpaired) electrons. The van der Waals surface area contributed by atoms with E-state index in [1.54, 1.807) is 0 Å². The molecule has 2 aromatic rings. The number of carbonyl (C=O) groups is 2. The lowest BCUT2D eigenvalue weighted by Gasteiger charge is -2.16. The summed E-state index contributed by atoms with van der Waals surface area (Å²) in [5, 5.41) is 15.6. The molecule has 0 unspecified atom stereocenters. The quantitative estimate of drug-likeness (QED) is 0.381. The summed E-state index contributed by atoms with van der Waals surface area (Å²) in [6.45, 7) is -0.729. The molecule has 0 atom stereocenters. The molecule has 0 heterocycles. The van der Waals surface area contributed by atoms with Crippen molar-refractivity contribution in [3.63, 3.8) is 0 Å². The molecule has 0 bridgehead atoms. The molecule has 2 rings (SSSR count). The van der Waals surface area contributed by atoms with Crippen molar-refractivity contribution in [1.82, 2.24) is 4.90 Å². The lowest BCUT2D eigenvalue weighted by Crippen LogP contribution is -2.36. The number of halogens is 3. The van der Waals surface area contributed by atoms with Gasteiger partial charge in [0.25, 0.3) is 5.69 Å². The number of amides is 2. The number of likely N-dealkylation sites (N-methyl/N-ethyl adjacent to an activating group) is 1. The number of carbonyl (C=O) groups excluding carboxylic acids is 2. The average molecular weight is 426 g/mol. The molecular formula is C18H17F3N4O5. The fourth-order valence-electron chi connectivity index (χ4n) is 2.44. The van der Waals surface area contributed by atoms with Gasteiger partial charge in [0.1, 0.15) is 11.4 Å². The van der Waals surface area contributed by atoms with Crippen molar-refractivity contribution in [3.8, 4) is 5.75 Å². The molecule has 0 aliphatic heterocycles. The van der Waals surface area contributed by atoms with Crippen molar-refractivity contribution in [2.24, 2.45) is 0 Å². The van der Waals surface area contributed by atoms with Crippen molar-refractivity contribution in [3.05, 3.63) is 57.9 Å². The molecule has 160 valence electrons. The van der Waals surface area contributed by atoms with Crippen LogP contribution in [0.15, 0.2) is 30.3 Å². The maximum Gasteiger partial charge on any atom is 0.296 e. The number of ether oxygens (including phenoxy) is 1. The first-order chi connectivity index (χ1) is 14.1. The van der Waals surface area contributed by atoms with Crippen LogP contribution < -0.4 is 15.4 Å². The molecule has 0 aliphatic carbocycles. The first kappa shape index (κ1) is 22.6. The van der Waals surface area contributed by atoms with E-state index in [9.17, 15) is 32.9 Å². The van der Waals surface area contributed by atoms with E-state index in [2.05, 4.69) is 10.6 Å². The van der Waals surface area contributed by atoms with Crippen LogP contribution in [-0.2, 0) is 9.59 Å². The van der Waals surface area contributed by atoms with E-state index in [-0.39, 0.29) is 23.7 Å². The molecule has 0 fully saturated rings. The predicted molar refractivity (Wildman–Crippen MR) is 101 cm³/mol. The second-order valence-electron chi connectivity index (χ2n) is 6.13. The van der Waals surface area contributed by atoms with Gasteiger partial charge in [-0.1, -0.05) is 0 Å². The Balaban J connectivity index is 1.96. The summed E-state index contributed by atoms with van der Waals surface area (Å²) in [5.74, 6) is -5.87. The van der Waals surface area contributed by atoms with Crippen LogP contribution in [0.5, 0.6) is 5.75 Å². The van der Waals surface area contributed by atoms with E-state index in [0.29, 0.717) is 6.07 Å². The lowest BCUT2D eigenvalue weighted by molar-refractivity contribution is -0.384. The summed E-state index contributed by atoms with van der Waals surface area (Å²) in [6, 6.07) is 5.39. The number of benzene rings is 2. The van der Waals surface area contributed by atoms with E-state index in [4.69, 9.17) is 4.74 Å². The number of methoxy groups -OCH3 is 1. The van der Waals surface area contributed by atoms with Crippen LogP contribution in [0.2, 0.25) is 0 Å². The summed E-state index contributed by atoms with van der Waals surface area (Å²) in [4.78, 5) is 35.8. The molecule has 2 aromatic carbocycles. The van der Waals surface area contributed by atoms with E-state index < -0.39 is 46.4 Å². The topological polar surface area (TPSA) is 114 Å². The number of nitrogens with one attached hydrogen (secondary N) is 2. The van der Waals surface area contributed by atoms with Gasteiger partial charge in [0.2, 0.25) is 11.8 Å². The van der Waals surface area contributed by atoms with Crippen molar-refractivity contribution in [2.75, 3.05) is 37.9 Å². The zero-order chi connectivity index (χ0) is 22.4. The van der Waals surface area contributed by atoms with Crippen LogP contribution in [0.3, 0.4) is 0 Å². The highest BCUT2D eigenvalue weighted by atomic mass is 19.2. The first-order valence-electron chi connectivity index (χ1n) is 8.36. The fraction of sp³-hybridized carbons (Fsp3) is 0.222. The van der Waals surface area contributed by atoms with Gasteiger partial charge in [-0.05, 0) is 31.3 Å². The average Bonchev–Trinajstić information content (AvgIpc) is 2.68. The van der Waals surface area contributed by atoms with Gasteiger partial charge in [-0.3, -0.25) is 24.6 Å². The van der Waals surface area contributed by atoms with Gasteiger partial charge in [0.15, 0.2) is 17.5 Å². The predicted octanol–water partition coefficient (Wildman–Crippen LogP) is 2.53. The summed E-state index contributed by atoms with van der Waals surface area (Å²) in [7, 11) is 2.73. The van der Waals surface area contributed by atoms with Crippen LogP contribution in [-0.4, -0.2) is 48.9 Å². The maximum atomic E-state index is 13.6. The molecule has 0 saturated heterocycles. The van der Waals surface area contributed by atoms with Crippen LogP contribution in [0.1, 0.15) is 0 Å². The van der Waals surface area contributed by atoms with Crippen LogP contribution in [0, 0.1) is 27.6 Å². The number of hydrogen-bond donors (Lipinski definition) is 2. The van der Waals surface area contributed by atoms with Crippen molar-refractivity contribution in [2.45, 2.75) is 0 Å². The molecule has 2 N–H and O–H groups in total. The zero-order valence-electron chi connectivity index (χ0n) is 15.9. The van der Waals surface area contributed by atoms with Crippen LogP contribution >= 0.6 is 0 Å². The standard InChI is InChI=1S/C18H17F3N4O5/c1-24(9-16(27)23-13-6-4-11(19)17(20)18(13)21)8-15(26)22-12-5-3-10(30-2)7-14(12)25(28)29/h3-7H,8-9H2,1-2H3,(H,22,26)(H,23,27). The molecule has 0 aliphatic rings. The number of nitro benzene ring substituents is 1. The molecule has 2 amide bonds. The van der Waals surface area contributed by atoms with Gasteiger partial charge in [0, 0.05) is 0 Å². The van der Waals surface area contributed by atoms with Gasteiger partial charge in [0.05, 0.1) is 36.9 Å². The second kappa shape index (κ2) is 9.69. The Hall–Kier alpha value is -3.67. The van der Waals surface area contributed by atoms with Gasteiger partial charge < -0.3 is 15.4 Å². The van der Waals surface area contributed by atoms with Crippen LogP contribution in [0.4, 0.5) is 30.2 Å². The lowest BCUT2D eigenvalue weighted by atomic mass is 10.2. The molecule has 0 spiro atoms. The zero-order valence-corrected chi connectivity index (χ0v) is 15.9. The number of rotatable bonds is 8. The number of hydrogen-bond acceptors (Lipinski definition) is 6. The smallest absolute Gasteiger partial charge is 0.296 e. The third-order valence-electron chi connectivity index (χ3n) is 3.81. The second-order valence-corrected chi connectivity index (χ2v) is 6.13. The molecule has 30 heavy (non-hydrogen) atoms. The monoisotopic (exact) mass is 426 g/mol. The minimum absolute atomic E-state index is 0.0625. The normalized spacial score (nSPS) is 10.6. The van der Waals surface area contributed by atoms with E-state index in [0.717, 1.165) is 12.1 Å². The molecule has 0 saturated carbocycles. The number of nitrogens with zero attached hydrogens (tertiary/aromatic N) is 2. The van der Waals surface area contributed by atoms with Crippen molar-refractivity contribution < 1.29 is 32.4 Å². The third-order valence-corrected chi connectivity index (χ3v) is 3.81. The van der Waals surface area contributed by atoms with Gasteiger partial charge in [-0.2, -0.15) is 0 Å².